The van der Waals surface area contributed by atoms with Gasteiger partial charge in [-0.25, -0.2) is 14.8 Å². The SMILES string of the molecule is [C-]#[N+]c1ccc2c3c(ccc4c5ccccc5n(-c5ccccc5-c5cc(-c6ccccc6)nc(-c6ccccc6)n5)c43)n(-c3ccccc3)c2c1. The highest BCUT2D eigenvalue weighted by Crippen LogP contribution is 2.44. The molecule has 0 amide bonds. The summed E-state index contributed by atoms with van der Waals surface area (Å²) in [6, 6.07) is 60.7. The maximum Gasteiger partial charge on any atom is 0.189 e. The van der Waals surface area contributed by atoms with Gasteiger partial charge in [0.25, 0.3) is 0 Å². The Hall–Kier alpha value is -7.29. The van der Waals surface area contributed by atoms with Crippen LogP contribution in [0.2, 0.25) is 0 Å². The molecule has 5 nitrogen and oxygen atoms in total. The Morgan fingerprint density at radius 3 is 1.90 bits per heavy atom. The monoisotopic (exact) mass is 663 g/mol. The first-order chi connectivity index (χ1) is 25.8. The maximum absolute atomic E-state index is 7.83. The van der Waals surface area contributed by atoms with Crippen LogP contribution >= 0.6 is 0 Å². The van der Waals surface area contributed by atoms with E-state index < -0.39 is 0 Å². The fraction of sp³-hybridized carbons (Fsp3) is 0. The Kier molecular flexibility index (Phi) is 6.80. The van der Waals surface area contributed by atoms with Gasteiger partial charge >= 0.3 is 0 Å². The smallest absolute Gasteiger partial charge is 0.189 e. The zero-order valence-electron chi connectivity index (χ0n) is 28.0. The summed E-state index contributed by atoms with van der Waals surface area (Å²) < 4.78 is 4.70. The van der Waals surface area contributed by atoms with E-state index in [1.807, 2.05) is 54.6 Å². The molecule has 0 radical (unpaired) electrons. The molecule has 52 heavy (non-hydrogen) atoms. The molecule has 0 aliphatic rings. The van der Waals surface area contributed by atoms with Gasteiger partial charge in [0.2, 0.25) is 0 Å². The topological polar surface area (TPSA) is 40.0 Å². The van der Waals surface area contributed by atoms with Gasteiger partial charge in [-0.05, 0) is 42.5 Å². The van der Waals surface area contributed by atoms with Gasteiger partial charge < -0.3 is 9.13 Å². The Balaban J connectivity index is 1.33. The van der Waals surface area contributed by atoms with Crippen molar-refractivity contribution in [2.75, 3.05) is 0 Å². The second kappa shape index (κ2) is 11.9. The van der Waals surface area contributed by atoms with Crippen LogP contribution in [0, 0.1) is 6.57 Å². The van der Waals surface area contributed by atoms with Gasteiger partial charge in [-0.3, -0.25) is 0 Å². The predicted molar refractivity (Wildman–Crippen MR) is 213 cm³/mol. The highest BCUT2D eigenvalue weighted by molar-refractivity contribution is 6.26. The highest BCUT2D eigenvalue weighted by Gasteiger charge is 2.23. The number of fused-ring (bicyclic) bond motifs is 7. The van der Waals surface area contributed by atoms with Crippen LogP contribution in [-0.2, 0) is 0 Å². The molecule has 0 atom stereocenters. The Labute approximate surface area is 300 Å². The minimum Gasteiger partial charge on any atom is -0.310 e. The van der Waals surface area contributed by atoms with E-state index in [0.29, 0.717) is 11.5 Å². The molecule has 5 heteroatoms. The lowest BCUT2D eigenvalue weighted by Gasteiger charge is -2.16. The number of nitrogens with zero attached hydrogens (tertiary/aromatic N) is 5. The van der Waals surface area contributed by atoms with Gasteiger partial charge in [0, 0.05) is 49.4 Å². The third kappa shape index (κ3) is 4.63. The van der Waals surface area contributed by atoms with Crippen LogP contribution in [0.4, 0.5) is 5.69 Å². The van der Waals surface area contributed by atoms with E-state index in [0.717, 1.165) is 77.7 Å². The van der Waals surface area contributed by atoms with Crippen LogP contribution in [0.25, 0.3) is 93.7 Å². The Bertz CT molecular complexity index is 2950. The van der Waals surface area contributed by atoms with Gasteiger partial charge in [0.05, 0.1) is 40.2 Å². The summed E-state index contributed by atoms with van der Waals surface area (Å²) in [4.78, 5) is 14.1. The van der Waals surface area contributed by atoms with Crippen LogP contribution in [0.3, 0.4) is 0 Å². The highest BCUT2D eigenvalue weighted by atomic mass is 15.0. The first-order valence-electron chi connectivity index (χ1n) is 17.3. The van der Waals surface area contributed by atoms with E-state index in [4.69, 9.17) is 16.5 Å². The van der Waals surface area contributed by atoms with E-state index >= 15 is 0 Å². The van der Waals surface area contributed by atoms with Crippen molar-refractivity contribution in [2.24, 2.45) is 0 Å². The van der Waals surface area contributed by atoms with Crippen molar-refractivity contribution in [1.29, 1.82) is 0 Å². The molecule has 3 aromatic heterocycles. The molecule has 0 saturated carbocycles. The quantitative estimate of drug-likeness (QED) is 0.172. The number of hydrogen-bond donors (Lipinski definition) is 0. The van der Waals surface area contributed by atoms with Gasteiger partial charge in [0.15, 0.2) is 11.5 Å². The molecule has 0 bridgehead atoms. The van der Waals surface area contributed by atoms with Crippen molar-refractivity contribution >= 4 is 49.3 Å². The van der Waals surface area contributed by atoms with Gasteiger partial charge in [-0.1, -0.05) is 133 Å². The number of benzene rings is 7. The van der Waals surface area contributed by atoms with Crippen LogP contribution in [0.15, 0.2) is 176 Å². The van der Waals surface area contributed by atoms with E-state index in [-0.39, 0.29) is 0 Å². The van der Waals surface area contributed by atoms with Crippen LogP contribution in [0.1, 0.15) is 0 Å². The molecule has 7 aromatic carbocycles. The fourth-order valence-electron chi connectivity index (χ4n) is 7.66. The molecule has 10 rings (SSSR count). The minimum absolute atomic E-state index is 0.613. The molecule has 0 fully saturated rings. The van der Waals surface area contributed by atoms with E-state index in [2.05, 4.69) is 135 Å². The normalized spacial score (nSPS) is 11.4. The van der Waals surface area contributed by atoms with Crippen molar-refractivity contribution in [3.8, 4) is 45.3 Å². The molecule has 0 aliphatic heterocycles. The molecule has 0 saturated heterocycles. The van der Waals surface area contributed by atoms with E-state index in [9.17, 15) is 0 Å². The lowest BCUT2D eigenvalue weighted by molar-refractivity contribution is 1.15. The first kappa shape index (κ1) is 29.6. The third-order valence-corrected chi connectivity index (χ3v) is 9.94. The molecule has 0 aliphatic carbocycles. The molecule has 3 heterocycles. The zero-order valence-corrected chi connectivity index (χ0v) is 28.0. The molecular weight excluding hydrogens is 635 g/mol. The van der Waals surface area contributed by atoms with E-state index in [1.54, 1.807) is 0 Å². The van der Waals surface area contributed by atoms with Crippen LogP contribution in [0.5, 0.6) is 0 Å². The first-order valence-corrected chi connectivity index (χ1v) is 17.3. The van der Waals surface area contributed by atoms with Crippen LogP contribution in [-0.4, -0.2) is 19.1 Å². The summed E-state index contributed by atoms with van der Waals surface area (Å²) in [5.74, 6) is 0.679. The van der Waals surface area contributed by atoms with Crippen LogP contribution < -0.4 is 0 Å². The maximum atomic E-state index is 7.83. The van der Waals surface area contributed by atoms with E-state index in [1.165, 1.54) is 5.39 Å². The molecule has 0 unspecified atom stereocenters. The van der Waals surface area contributed by atoms with Crippen molar-refractivity contribution in [2.45, 2.75) is 0 Å². The second-order valence-electron chi connectivity index (χ2n) is 12.9. The minimum atomic E-state index is 0.613. The largest absolute Gasteiger partial charge is 0.310 e. The fourth-order valence-corrected chi connectivity index (χ4v) is 7.66. The summed E-state index contributed by atoms with van der Waals surface area (Å²) in [7, 11) is 0. The molecule has 0 spiro atoms. The summed E-state index contributed by atoms with van der Waals surface area (Å²) >= 11 is 0. The van der Waals surface area contributed by atoms with Crippen molar-refractivity contribution in [3.05, 3.63) is 187 Å². The molecule has 0 N–H and O–H groups in total. The van der Waals surface area contributed by atoms with Crippen molar-refractivity contribution in [1.82, 2.24) is 19.1 Å². The zero-order chi connectivity index (χ0) is 34.6. The van der Waals surface area contributed by atoms with Crippen molar-refractivity contribution < 1.29 is 0 Å². The predicted octanol–water partition coefficient (Wildman–Crippen LogP) is 12.2. The number of para-hydroxylation sites is 3. The summed E-state index contributed by atoms with van der Waals surface area (Å²) in [6.45, 7) is 7.83. The van der Waals surface area contributed by atoms with Crippen molar-refractivity contribution in [3.63, 3.8) is 0 Å². The Morgan fingerprint density at radius 2 is 1.12 bits per heavy atom. The van der Waals surface area contributed by atoms with Gasteiger partial charge in [-0.15, -0.1) is 0 Å². The molecule has 242 valence electrons. The number of aromatic nitrogens is 4. The lowest BCUT2D eigenvalue weighted by Crippen LogP contribution is -2.01. The number of rotatable bonds is 5. The average Bonchev–Trinajstić information content (AvgIpc) is 3.74. The summed E-state index contributed by atoms with van der Waals surface area (Å²) in [5, 5.41) is 4.57. The summed E-state index contributed by atoms with van der Waals surface area (Å²) in [5.41, 5.74) is 11.7. The third-order valence-electron chi connectivity index (χ3n) is 9.94. The molecular formula is C47H29N5. The van der Waals surface area contributed by atoms with Gasteiger partial charge in [0.1, 0.15) is 0 Å². The average molecular weight is 664 g/mol. The number of hydrogen-bond acceptors (Lipinski definition) is 2. The molecule has 10 aromatic rings. The Morgan fingerprint density at radius 1 is 0.462 bits per heavy atom. The van der Waals surface area contributed by atoms with Gasteiger partial charge in [-0.2, -0.15) is 0 Å². The lowest BCUT2D eigenvalue weighted by atomic mass is 10.0. The second-order valence-corrected chi connectivity index (χ2v) is 12.9. The standard InChI is InChI=1S/C47H29N5/c1-48-33-25-26-38-44(29-33)51(34-19-9-4-10-20-34)43-28-27-36-35-21-11-13-23-41(35)52(46(36)45(38)43)42-24-14-12-22-37(42)40-30-39(31-15-5-2-6-16-31)49-47(50-40)32-17-7-3-8-18-32/h2-30H. The summed E-state index contributed by atoms with van der Waals surface area (Å²) in [6.07, 6.45) is 0.